The van der Waals surface area contributed by atoms with Crippen LogP contribution < -0.4 is 10.1 Å². The quantitative estimate of drug-likeness (QED) is 0.161. The minimum Gasteiger partial charge on any atom is -0.460 e. The normalized spacial score (nSPS) is 19.5. The lowest BCUT2D eigenvalue weighted by atomic mass is 10.1. The third-order valence-corrected chi connectivity index (χ3v) is 6.65. The molecular formula is C21H32N6O4S. The number of esters is 1. The van der Waals surface area contributed by atoms with E-state index in [-0.39, 0.29) is 43.4 Å². The smallest absolute Gasteiger partial charge is 0.322 e. The highest BCUT2D eigenvalue weighted by atomic mass is 32.2. The fourth-order valence-corrected chi connectivity index (χ4v) is 4.07. The SMILES string of the molecule is CN(CC(=O)OCc1ccccc1)NC(=O)C[C@@H](N[S@@](=O)C(C)(C)C)[C@H]1C[C@H]1CN=[N+]=[N-]. The van der Waals surface area contributed by atoms with Gasteiger partial charge in [0, 0.05) is 31.0 Å². The van der Waals surface area contributed by atoms with Crippen LogP contribution in [-0.2, 0) is 31.9 Å². The van der Waals surface area contributed by atoms with Crippen LogP contribution >= 0.6 is 0 Å². The molecule has 0 aromatic heterocycles. The summed E-state index contributed by atoms with van der Waals surface area (Å²) in [6.07, 6.45) is 0.885. The maximum atomic E-state index is 12.6. The van der Waals surface area contributed by atoms with Crippen molar-refractivity contribution < 1.29 is 18.5 Å². The molecule has 0 unspecified atom stereocenters. The summed E-state index contributed by atoms with van der Waals surface area (Å²) in [5.74, 6) is -0.504. The third-order valence-electron chi connectivity index (χ3n) is 5.02. The van der Waals surface area contributed by atoms with Crippen molar-refractivity contribution in [2.24, 2.45) is 17.0 Å². The lowest BCUT2D eigenvalue weighted by Gasteiger charge is -2.25. The van der Waals surface area contributed by atoms with Crippen LogP contribution in [0.5, 0.6) is 0 Å². The Morgan fingerprint density at radius 2 is 2.03 bits per heavy atom. The summed E-state index contributed by atoms with van der Waals surface area (Å²) in [5.41, 5.74) is 12.1. The van der Waals surface area contributed by atoms with E-state index in [1.807, 2.05) is 51.1 Å². The number of carbonyl (C=O) groups is 2. The van der Waals surface area contributed by atoms with Crippen molar-refractivity contribution in [2.45, 2.75) is 51.0 Å². The van der Waals surface area contributed by atoms with E-state index in [2.05, 4.69) is 20.2 Å². The minimum absolute atomic E-state index is 0.0860. The van der Waals surface area contributed by atoms with Gasteiger partial charge in [-0.2, -0.15) is 0 Å². The molecule has 4 atom stereocenters. The van der Waals surface area contributed by atoms with Gasteiger partial charge in [0.2, 0.25) is 5.91 Å². The highest BCUT2D eigenvalue weighted by Crippen LogP contribution is 2.42. The summed E-state index contributed by atoms with van der Waals surface area (Å²) in [5, 5.41) is 4.98. The van der Waals surface area contributed by atoms with Crippen molar-refractivity contribution >= 4 is 22.9 Å². The van der Waals surface area contributed by atoms with Crippen molar-refractivity contribution in [3.8, 4) is 0 Å². The summed E-state index contributed by atoms with van der Waals surface area (Å²) in [6, 6.07) is 9.01. The molecule has 2 rings (SSSR count). The standard InChI is InChI=1S/C21H32N6O4S/c1-21(2,3)32(30)25-18(17-10-16(17)12-23-26-22)11-19(28)24-27(4)13-20(29)31-14-15-8-6-5-7-9-15/h5-9,16-18,25H,10-14H2,1-4H3,(H,24,28)/t16-,17-,18+,32-/m0/s1. The molecule has 1 aliphatic rings. The van der Waals surface area contributed by atoms with Gasteiger partial charge in [0.05, 0.1) is 15.7 Å². The molecule has 32 heavy (non-hydrogen) atoms. The zero-order valence-corrected chi connectivity index (χ0v) is 19.8. The first kappa shape index (κ1) is 25.8. The lowest BCUT2D eigenvalue weighted by Crippen LogP contribution is -2.47. The number of nitrogens with zero attached hydrogens (tertiary/aromatic N) is 4. The molecular weight excluding hydrogens is 432 g/mol. The largest absolute Gasteiger partial charge is 0.460 e. The first-order valence-electron chi connectivity index (χ1n) is 10.5. The number of ether oxygens (including phenoxy) is 1. The Labute approximate surface area is 191 Å². The molecule has 11 heteroatoms. The molecule has 176 valence electrons. The van der Waals surface area contributed by atoms with Gasteiger partial charge in [-0.15, -0.1) is 0 Å². The number of azide groups is 1. The first-order chi connectivity index (χ1) is 15.1. The zero-order chi connectivity index (χ0) is 23.7. The van der Waals surface area contributed by atoms with Crippen LogP contribution in [0.4, 0.5) is 0 Å². The fraction of sp³-hybridized carbons (Fsp3) is 0.619. The summed E-state index contributed by atoms with van der Waals surface area (Å²) in [7, 11) is 0.233. The van der Waals surface area contributed by atoms with E-state index in [0.717, 1.165) is 12.0 Å². The molecule has 1 aromatic rings. The number of benzene rings is 1. The van der Waals surface area contributed by atoms with Crippen LogP contribution in [0.25, 0.3) is 10.4 Å². The van der Waals surface area contributed by atoms with Crippen LogP contribution in [0, 0.1) is 11.8 Å². The van der Waals surface area contributed by atoms with Crippen LogP contribution in [-0.4, -0.2) is 52.0 Å². The molecule has 1 amide bonds. The predicted molar refractivity (Wildman–Crippen MR) is 122 cm³/mol. The van der Waals surface area contributed by atoms with Gasteiger partial charge in [0.1, 0.15) is 13.2 Å². The van der Waals surface area contributed by atoms with Crippen molar-refractivity contribution in [3.63, 3.8) is 0 Å². The second-order valence-corrected chi connectivity index (χ2v) is 10.9. The van der Waals surface area contributed by atoms with Crippen molar-refractivity contribution in [2.75, 3.05) is 20.1 Å². The second kappa shape index (κ2) is 12.0. The molecule has 0 saturated heterocycles. The summed E-state index contributed by atoms with van der Waals surface area (Å²) in [4.78, 5) is 27.4. The number of hydrazine groups is 1. The highest BCUT2D eigenvalue weighted by Gasteiger charge is 2.44. The van der Waals surface area contributed by atoms with Crippen LogP contribution in [0.15, 0.2) is 35.4 Å². The topological polar surface area (TPSA) is 137 Å². The summed E-state index contributed by atoms with van der Waals surface area (Å²) < 4.78 is 20.4. The van der Waals surface area contributed by atoms with Crippen molar-refractivity contribution in [1.82, 2.24) is 15.2 Å². The molecule has 0 radical (unpaired) electrons. The molecule has 1 aromatic carbocycles. The van der Waals surface area contributed by atoms with Gasteiger partial charge in [-0.1, -0.05) is 35.4 Å². The monoisotopic (exact) mass is 464 g/mol. The number of hydrogen-bond acceptors (Lipinski definition) is 6. The van der Waals surface area contributed by atoms with Crippen molar-refractivity contribution in [1.29, 1.82) is 0 Å². The van der Waals surface area contributed by atoms with E-state index in [1.54, 1.807) is 7.05 Å². The summed E-state index contributed by atoms with van der Waals surface area (Å²) in [6.45, 7) is 5.98. The van der Waals surface area contributed by atoms with E-state index >= 15 is 0 Å². The molecule has 0 aliphatic heterocycles. The summed E-state index contributed by atoms with van der Waals surface area (Å²) >= 11 is 0. The molecule has 1 fully saturated rings. The predicted octanol–water partition coefficient (Wildman–Crippen LogP) is 2.45. The Hall–Kier alpha value is -2.46. The molecule has 1 saturated carbocycles. The zero-order valence-electron chi connectivity index (χ0n) is 19.0. The van der Waals surface area contributed by atoms with Gasteiger partial charge < -0.3 is 4.74 Å². The molecule has 1 aliphatic carbocycles. The molecule has 0 heterocycles. The van der Waals surface area contributed by atoms with Gasteiger partial charge in [-0.05, 0) is 50.1 Å². The van der Waals surface area contributed by atoms with Gasteiger partial charge >= 0.3 is 5.97 Å². The van der Waals surface area contributed by atoms with Crippen LogP contribution in [0.1, 0.15) is 39.2 Å². The fourth-order valence-electron chi connectivity index (χ4n) is 3.18. The van der Waals surface area contributed by atoms with E-state index in [0.29, 0.717) is 6.54 Å². The van der Waals surface area contributed by atoms with Gasteiger partial charge in [-0.25, -0.2) is 13.9 Å². The molecule has 0 spiro atoms. The second-order valence-electron chi connectivity index (χ2n) is 8.92. The maximum absolute atomic E-state index is 12.6. The number of rotatable bonds is 12. The number of nitrogens with one attached hydrogen (secondary N) is 2. The van der Waals surface area contributed by atoms with Crippen molar-refractivity contribution in [3.05, 3.63) is 46.3 Å². The number of likely N-dealkylation sites (N-methyl/N-ethyl adjacent to an activating group) is 1. The van der Waals surface area contributed by atoms with Crippen LogP contribution in [0.3, 0.4) is 0 Å². The first-order valence-corrected chi connectivity index (χ1v) is 11.6. The average molecular weight is 465 g/mol. The van der Waals surface area contributed by atoms with Gasteiger partial charge in [0.15, 0.2) is 0 Å². The Morgan fingerprint density at radius 1 is 1.34 bits per heavy atom. The molecule has 2 N–H and O–H groups in total. The number of amides is 1. The highest BCUT2D eigenvalue weighted by molar-refractivity contribution is 7.84. The van der Waals surface area contributed by atoms with Gasteiger partial charge in [0.25, 0.3) is 0 Å². The minimum atomic E-state index is -1.35. The van der Waals surface area contributed by atoms with Crippen LogP contribution in [0.2, 0.25) is 0 Å². The van der Waals surface area contributed by atoms with Gasteiger partial charge in [-0.3, -0.25) is 15.0 Å². The van der Waals surface area contributed by atoms with E-state index in [4.69, 9.17) is 10.3 Å². The Morgan fingerprint density at radius 3 is 2.66 bits per heavy atom. The number of hydrogen-bond donors (Lipinski definition) is 2. The average Bonchev–Trinajstić information content (AvgIpc) is 3.49. The van der Waals surface area contributed by atoms with E-state index in [9.17, 15) is 13.8 Å². The molecule has 0 bridgehead atoms. The maximum Gasteiger partial charge on any atom is 0.322 e. The van der Waals surface area contributed by atoms with E-state index < -0.39 is 21.7 Å². The third kappa shape index (κ3) is 8.96. The van der Waals surface area contributed by atoms with E-state index in [1.165, 1.54) is 5.01 Å². The Balaban J connectivity index is 1.84. The molecule has 10 nitrogen and oxygen atoms in total. The number of carbonyl (C=O) groups excluding carboxylic acids is 2. The Kier molecular flexibility index (Phi) is 9.64. The Bertz CT molecular complexity index is 854. The lowest BCUT2D eigenvalue weighted by molar-refractivity contribution is -0.147.